The van der Waals surface area contributed by atoms with Gasteiger partial charge in [-0.3, -0.25) is 9.89 Å². The van der Waals surface area contributed by atoms with Gasteiger partial charge in [0.2, 0.25) is 0 Å². The van der Waals surface area contributed by atoms with E-state index in [9.17, 15) is 9.59 Å². The number of carbonyl (C=O) groups is 2. The molecule has 0 aromatic carbocycles. The molecule has 19 heavy (non-hydrogen) atoms. The molecule has 0 spiro atoms. The Balaban J connectivity index is 1.97. The van der Waals surface area contributed by atoms with E-state index < -0.39 is 5.97 Å². The Labute approximate surface area is 108 Å². The van der Waals surface area contributed by atoms with Gasteiger partial charge in [-0.15, -0.1) is 0 Å². The average molecular weight is 260 g/mol. The van der Waals surface area contributed by atoms with E-state index in [4.69, 9.17) is 5.11 Å². The first kappa shape index (κ1) is 12.7. The standard InChI is InChI=1S/C12H12N4O3/c1-7-9(6-15-16-7)11(17)14-5-8-2-3-10(12(18)19)13-4-8/h2-4,6H,5H2,1H3,(H,14,17)(H,15,16)(H,18,19). The zero-order chi connectivity index (χ0) is 13.8. The minimum atomic E-state index is -1.08. The molecule has 0 atom stereocenters. The zero-order valence-corrected chi connectivity index (χ0v) is 10.2. The lowest BCUT2D eigenvalue weighted by molar-refractivity contribution is 0.0690. The van der Waals surface area contributed by atoms with Gasteiger partial charge < -0.3 is 10.4 Å². The number of hydrogen-bond acceptors (Lipinski definition) is 4. The Morgan fingerprint density at radius 2 is 2.16 bits per heavy atom. The molecule has 7 nitrogen and oxygen atoms in total. The topological polar surface area (TPSA) is 108 Å². The maximum Gasteiger partial charge on any atom is 0.354 e. The summed E-state index contributed by atoms with van der Waals surface area (Å²) in [5, 5.41) is 17.9. The van der Waals surface area contributed by atoms with E-state index in [0.29, 0.717) is 11.3 Å². The van der Waals surface area contributed by atoms with Gasteiger partial charge in [-0.2, -0.15) is 5.10 Å². The number of rotatable bonds is 4. The molecule has 98 valence electrons. The van der Waals surface area contributed by atoms with E-state index in [1.807, 2.05) is 0 Å². The van der Waals surface area contributed by atoms with Gasteiger partial charge in [0.05, 0.1) is 11.8 Å². The molecule has 0 fully saturated rings. The quantitative estimate of drug-likeness (QED) is 0.751. The molecule has 0 saturated carbocycles. The predicted molar refractivity (Wildman–Crippen MR) is 65.7 cm³/mol. The summed E-state index contributed by atoms with van der Waals surface area (Å²) >= 11 is 0. The molecule has 2 heterocycles. The second kappa shape index (κ2) is 5.30. The smallest absolute Gasteiger partial charge is 0.354 e. The van der Waals surface area contributed by atoms with E-state index in [1.165, 1.54) is 18.5 Å². The van der Waals surface area contributed by atoms with Gasteiger partial charge in [-0.1, -0.05) is 6.07 Å². The van der Waals surface area contributed by atoms with Crippen molar-refractivity contribution in [2.24, 2.45) is 0 Å². The zero-order valence-electron chi connectivity index (χ0n) is 10.2. The highest BCUT2D eigenvalue weighted by Crippen LogP contribution is 2.04. The highest BCUT2D eigenvalue weighted by molar-refractivity contribution is 5.94. The fourth-order valence-corrected chi connectivity index (χ4v) is 1.51. The number of carboxylic acid groups (broad SMARTS) is 1. The largest absolute Gasteiger partial charge is 0.477 e. The molecule has 2 rings (SSSR count). The Morgan fingerprint density at radius 1 is 1.37 bits per heavy atom. The number of amides is 1. The van der Waals surface area contributed by atoms with Crippen LogP contribution in [0.2, 0.25) is 0 Å². The molecule has 3 N–H and O–H groups in total. The van der Waals surface area contributed by atoms with Crippen LogP contribution in [0.25, 0.3) is 0 Å². The van der Waals surface area contributed by atoms with Crippen LogP contribution in [0.5, 0.6) is 0 Å². The van der Waals surface area contributed by atoms with Crippen LogP contribution in [0.4, 0.5) is 0 Å². The lowest BCUT2D eigenvalue weighted by atomic mass is 10.2. The Kier molecular flexibility index (Phi) is 3.56. The van der Waals surface area contributed by atoms with Gasteiger partial charge >= 0.3 is 5.97 Å². The number of carboxylic acids is 1. The molecule has 0 aliphatic heterocycles. The minimum Gasteiger partial charge on any atom is -0.477 e. The lowest BCUT2D eigenvalue weighted by Crippen LogP contribution is -2.23. The number of carbonyl (C=O) groups excluding carboxylic acids is 1. The molecule has 0 aliphatic rings. The third kappa shape index (κ3) is 2.95. The number of nitrogens with one attached hydrogen (secondary N) is 2. The summed E-state index contributed by atoms with van der Waals surface area (Å²) in [4.78, 5) is 26.2. The molecule has 1 amide bonds. The van der Waals surface area contributed by atoms with E-state index in [1.54, 1.807) is 13.0 Å². The molecule has 0 bridgehead atoms. The van der Waals surface area contributed by atoms with Crippen LogP contribution >= 0.6 is 0 Å². The molecular formula is C12H12N4O3. The second-order valence-electron chi connectivity index (χ2n) is 3.95. The second-order valence-corrected chi connectivity index (χ2v) is 3.95. The van der Waals surface area contributed by atoms with Crippen LogP contribution in [0, 0.1) is 6.92 Å². The Morgan fingerprint density at radius 3 is 2.68 bits per heavy atom. The van der Waals surface area contributed by atoms with Crippen molar-refractivity contribution in [2.45, 2.75) is 13.5 Å². The highest BCUT2D eigenvalue weighted by atomic mass is 16.4. The number of aryl methyl sites for hydroxylation is 1. The van der Waals surface area contributed by atoms with Gasteiger partial charge in [-0.05, 0) is 18.6 Å². The maximum atomic E-state index is 11.8. The molecule has 2 aromatic heterocycles. The summed E-state index contributed by atoms with van der Waals surface area (Å²) in [5.41, 5.74) is 1.87. The number of aromatic carboxylic acids is 1. The molecule has 0 unspecified atom stereocenters. The molecule has 0 radical (unpaired) electrons. The number of pyridine rings is 1. The summed E-state index contributed by atoms with van der Waals surface area (Å²) in [6.45, 7) is 2.03. The number of hydrogen-bond donors (Lipinski definition) is 3. The lowest BCUT2D eigenvalue weighted by Gasteiger charge is -2.04. The number of nitrogens with zero attached hydrogens (tertiary/aromatic N) is 2. The molecule has 0 aliphatic carbocycles. The normalized spacial score (nSPS) is 10.2. The monoisotopic (exact) mass is 260 g/mol. The van der Waals surface area contributed by atoms with Crippen LogP contribution < -0.4 is 5.32 Å². The minimum absolute atomic E-state index is 0.0271. The van der Waals surface area contributed by atoms with Crippen molar-refractivity contribution in [3.8, 4) is 0 Å². The maximum absolute atomic E-state index is 11.8. The number of aromatic amines is 1. The van der Waals surface area contributed by atoms with Crippen molar-refractivity contribution in [3.63, 3.8) is 0 Å². The van der Waals surface area contributed by atoms with E-state index >= 15 is 0 Å². The molecule has 0 saturated heterocycles. The van der Waals surface area contributed by atoms with Gasteiger partial charge in [0, 0.05) is 18.4 Å². The summed E-state index contributed by atoms with van der Waals surface area (Å²) in [7, 11) is 0. The van der Waals surface area contributed by atoms with Crippen molar-refractivity contribution < 1.29 is 14.7 Å². The molecule has 2 aromatic rings. The van der Waals surface area contributed by atoms with Crippen LogP contribution in [-0.2, 0) is 6.54 Å². The summed E-state index contributed by atoms with van der Waals surface area (Å²) in [5.74, 6) is -1.32. The van der Waals surface area contributed by atoms with Crippen LogP contribution in [-0.4, -0.2) is 32.2 Å². The van der Waals surface area contributed by atoms with Crippen molar-refractivity contribution in [3.05, 3.63) is 47.0 Å². The third-order valence-corrected chi connectivity index (χ3v) is 2.57. The van der Waals surface area contributed by atoms with Gasteiger partial charge in [0.15, 0.2) is 0 Å². The fraction of sp³-hybridized carbons (Fsp3) is 0.167. The summed E-state index contributed by atoms with van der Waals surface area (Å²) in [6.07, 6.45) is 2.88. The fourth-order valence-electron chi connectivity index (χ4n) is 1.51. The van der Waals surface area contributed by atoms with Crippen molar-refractivity contribution in [1.29, 1.82) is 0 Å². The van der Waals surface area contributed by atoms with Gasteiger partial charge in [0.25, 0.3) is 5.91 Å². The number of H-pyrrole nitrogens is 1. The molecular weight excluding hydrogens is 248 g/mol. The van der Waals surface area contributed by atoms with Gasteiger partial charge in [0.1, 0.15) is 5.69 Å². The van der Waals surface area contributed by atoms with Crippen molar-refractivity contribution in [2.75, 3.05) is 0 Å². The third-order valence-electron chi connectivity index (χ3n) is 2.57. The first-order chi connectivity index (χ1) is 9.08. The summed E-state index contributed by atoms with van der Waals surface area (Å²) in [6, 6.07) is 3.01. The van der Waals surface area contributed by atoms with Crippen molar-refractivity contribution in [1.82, 2.24) is 20.5 Å². The molecule has 7 heteroatoms. The van der Waals surface area contributed by atoms with Crippen LogP contribution in [0.1, 0.15) is 32.1 Å². The first-order valence-electron chi connectivity index (χ1n) is 5.54. The SMILES string of the molecule is Cc1[nH]ncc1C(=O)NCc1ccc(C(=O)O)nc1. The van der Waals surface area contributed by atoms with Gasteiger partial charge in [-0.25, -0.2) is 9.78 Å². The summed E-state index contributed by atoms with van der Waals surface area (Å²) < 4.78 is 0. The van der Waals surface area contributed by atoms with E-state index in [0.717, 1.165) is 5.56 Å². The number of aromatic nitrogens is 3. The van der Waals surface area contributed by atoms with Crippen LogP contribution in [0.15, 0.2) is 24.5 Å². The van der Waals surface area contributed by atoms with E-state index in [2.05, 4.69) is 20.5 Å². The Bertz CT molecular complexity index is 604. The average Bonchev–Trinajstić information content (AvgIpc) is 2.83. The first-order valence-corrected chi connectivity index (χ1v) is 5.54. The van der Waals surface area contributed by atoms with E-state index in [-0.39, 0.29) is 18.1 Å². The predicted octanol–water partition coefficient (Wildman–Crippen LogP) is 0.741. The highest BCUT2D eigenvalue weighted by Gasteiger charge is 2.10. The van der Waals surface area contributed by atoms with Crippen LogP contribution in [0.3, 0.4) is 0 Å². The Hall–Kier alpha value is -2.70. The van der Waals surface area contributed by atoms with Crippen molar-refractivity contribution >= 4 is 11.9 Å².